The molecule has 4 heteroatoms. The lowest BCUT2D eigenvalue weighted by Crippen LogP contribution is -2.29. The molecule has 0 bridgehead atoms. The monoisotopic (exact) mass is 261 g/mol. The number of carbonyl (C=O) groups is 1. The molecule has 1 amide bonds. The number of hydrogen-bond acceptors (Lipinski definition) is 3. The third kappa shape index (κ3) is 3.88. The van der Waals surface area contributed by atoms with Crippen LogP contribution in [-0.4, -0.2) is 31.6 Å². The Morgan fingerprint density at radius 3 is 2.58 bits per heavy atom. The van der Waals surface area contributed by atoms with Gasteiger partial charge in [0.1, 0.15) is 11.5 Å². The molecule has 4 nitrogen and oxygen atoms in total. The van der Waals surface area contributed by atoms with Gasteiger partial charge in [0.2, 0.25) is 5.91 Å². The summed E-state index contributed by atoms with van der Waals surface area (Å²) in [4.78, 5) is 13.4. The Balaban J connectivity index is 2.98. The van der Waals surface area contributed by atoms with E-state index >= 15 is 0 Å². The lowest BCUT2D eigenvalue weighted by molar-refractivity contribution is -0.126. The summed E-state index contributed by atoms with van der Waals surface area (Å²) >= 11 is 0. The van der Waals surface area contributed by atoms with Crippen LogP contribution in [0.25, 0.3) is 0 Å². The van der Waals surface area contributed by atoms with Crippen molar-refractivity contribution in [2.75, 3.05) is 20.8 Å². The van der Waals surface area contributed by atoms with E-state index in [1.807, 2.05) is 12.1 Å². The standard InChI is InChI=1S/C15H19NO3/c1-5-9-16(15(17)6-2)11-12-7-8-13(18-3)10-14(12)19-4/h5-8,10H,1-2,9,11H2,3-4H3. The molecule has 1 aromatic rings. The number of nitrogens with zero attached hydrogens (tertiary/aromatic N) is 1. The van der Waals surface area contributed by atoms with Crippen LogP contribution >= 0.6 is 0 Å². The highest BCUT2D eigenvalue weighted by Gasteiger charge is 2.13. The van der Waals surface area contributed by atoms with E-state index in [4.69, 9.17) is 9.47 Å². The van der Waals surface area contributed by atoms with Gasteiger partial charge < -0.3 is 14.4 Å². The van der Waals surface area contributed by atoms with Crippen molar-refractivity contribution in [1.29, 1.82) is 0 Å². The SMILES string of the molecule is C=CCN(Cc1ccc(OC)cc1OC)C(=O)C=C. The van der Waals surface area contributed by atoms with Crippen LogP contribution in [0.15, 0.2) is 43.5 Å². The Bertz CT molecular complexity index is 468. The molecule has 0 aliphatic carbocycles. The molecule has 0 spiro atoms. The Labute approximate surface area is 113 Å². The van der Waals surface area contributed by atoms with Gasteiger partial charge in [-0.15, -0.1) is 6.58 Å². The van der Waals surface area contributed by atoms with E-state index in [9.17, 15) is 4.79 Å². The largest absolute Gasteiger partial charge is 0.497 e. The van der Waals surface area contributed by atoms with Gasteiger partial charge in [-0.2, -0.15) is 0 Å². The highest BCUT2D eigenvalue weighted by molar-refractivity contribution is 5.87. The van der Waals surface area contributed by atoms with Crippen molar-refractivity contribution in [3.63, 3.8) is 0 Å². The summed E-state index contributed by atoms with van der Waals surface area (Å²) in [6.07, 6.45) is 2.97. The summed E-state index contributed by atoms with van der Waals surface area (Å²) in [6, 6.07) is 5.51. The maximum absolute atomic E-state index is 11.7. The first-order valence-electron chi connectivity index (χ1n) is 5.89. The van der Waals surface area contributed by atoms with Crippen molar-refractivity contribution in [2.24, 2.45) is 0 Å². The van der Waals surface area contributed by atoms with Gasteiger partial charge in [-0.3, -0.25) is 4.79 Å². The fourth-order valence-corrected chi connectivity index (χ4v) is 1.71. The molecule has 0 N–H and O–H groups in total. The second-order valence-electron chi connectivity index (χ2n) is 3.89. The van der Waals surface area contributed by atoms with Crippen LogP contribution in [0.2, 0.25) is 0 Å². The second kappa shape index (κ2) is 7.26. The molecule has 0 aromatic heterocycles. The zero-order valence-electron chi connectivity index (χ0n) is 11.4. The summed E-state index contributed by atoms with van der Waals surface area (Å²) in [5.41, 5.74) is 0.903. The van der Waals surface area contributed by atoms with Crippen LogP contribution < -0.4 is 9.47 Å². The molecule has 0 saturated heterocycles. The molecule has 0 aliphatic heterocycles. The van der Waals surface area contributed by atoms with E-state index in [-0.39, 0.29) is 5.91 Å². The number of hydrogen-bond donors (Lipinski definition) is 0. The first kappa shape index (κ1) is 14.8. The van der Waals surface area contributed by atoms with Crippen LogP contribution in [0.4, 0.5) is 0 Å². The first-order valence-corrected chi connectivity index (χ1v) is 5.89. The molecule has 19 heavy (non-hydrogen) atoms. The molecule has 0 atom stereocenters. The molecular formula is C15H19NO3. The Morgan fingerprint density at radius 1 is 1.32 bits per heavy atom. The van der Waals surface area contributed by atoms with E-state index in [1.165, 1.54) is 6.08 Å². The highest BCUT2D eigenvalue weighted by Crippen LogP contribution is 2.25. The summed E-state index contributed by atoms with van der Waals surface area (Å²) < 4.78 is 10.5. The molecule has 102 valence electrons. The summed E-state index contributed by atoms with van der Waals surface area (Å²) in [5, 5.41) is 0. The molecule has 0 heterocycles. The summed E-state index contributed by atoms with van der Waals surface area (Å²) in [6.45, 7) is 8.04. The number of ether oxygens (including phenoxy) is 2. The molecule has 0 aliphatic rings. The quantitative estimate of drug-likeness (QED) is 0.559. The van der Waals surface area contributed by atoms with Crippen LogP contribution in [-0.2, 0) is 11.3 Å². The maximum atomic E-state index is 11.7. The van der Waals surface area contributed by atoms with Gasteiger partial charge in [-0.1, -0.05) is 12.7 Å². The minimum absolute atomic E-state index is 0.141. The van der Waals surface area contributed by atoms with Crippen molar-refractivity contribution in [3.8, 4) is 11.5 Å². The zero-order valence-corrected chi connectivity index (χ0v) is 11.4. The van der Waals surface area contributed by atoms with Gasteiger partial charge in [0.25, 0.3) is 0 Å². The number of benzene rings is 1. The lowest BCUT2D eigenvalue weighted by atomic mass is 10.1. The average Bonchev–Trinajstić information content (AvgIpc) is 2.46. The van der Waals surface area contributed by atoms with E-state index < -0.39 is 0 Å². The van der Waals surface area contributed by atoms with Gasteiger partial charge in [0.15, 0.2) is 0 Å². The van der Waals surface area contributed by atoms with Gasteiger partial charge in [-0.25, -0.2) is 0 Å². The minimum atomic E-state index is -0.141. The Hall–Kier alpha value is -2.23. The van der Waals surface area contributed by atoms with Gasteiger partial charge in [0, 0.05) is 24.7 Å². The Kier molecular flexibility index (Phi) is 5.67. The predicted molar refractivity (Wildman–Crippen MR) is 75.4 cm³/mol. The molecule has 1 aromatic carbocycles. The van der Waals surface area contributed by atoms with Gasteiger partial charge >= 0.3 is 0 Å². The molecule has 0 saturated carbocycles. The van der Waals surface area contributed by atoms with E-state index in [0.29, 0.717) is 24.6 Å². The van der Waals surface area contributed by atoms with Crippen molar-refractivity contribution < 1.29 is 14.3 Å². The maximum Gasteiger partial charge on any atom is 0.246 e. The number of amides is 1. The first-order chi connectivity index (χ1) is 9.15. The third-order valence-electron chi connectivity index (χ3n) is 2.69. The van der Waals surface area contributed by atoms with Gasteiger partial charge in [0.05, 0.1) is 14.2 Å². The average molecular weight is 261 g/mol. The lowest BCUT2D eigenvalue weighted by Gasteiger charge is -2.21. The third-order valence-corrected chi connectivity index (χ3v) is 2.69. The van der Waals surface area contributed by atoms with Crippen LogP contribution in [0, 0.1) is 0 Å². The molecule has 1 rings (SSSR count). The smallest absolute Gasteiger partial charge is 0.246 e. The number of rotatable bonds is 7. The number of carbonyl (C=O) groups excluding carboxylic acids is 1. The molecule has 0 unspecified atom stereocenters. The zero-order chi connectivity index (χ0) is 14.3. The van der Waals surface area contributed by atoms with Crippen molar-refractivity contribution >= 4 is 5.91 Å². The van der Waals surface area contributed by atoms with Crippen LogP contribution in [0.5, 0.6) is 11.5 Å². The van der Waals surface area contributed by atoms with Crippen LogP contribution in [0.3, 0.4) is 0 Å². The Morgan fingerprint density at radius 2 is 2.05 bits per heavy atom. The predicted octanol–water partition coefficient (Wildman–Crippen LogP) is 2.40. The number of methoxy groups -OCH3 is 2. The topological polar surface area (TPSA) is 38.8 Å². The van der Waals surface area contributed by atoms with Crippen molar-refractivity contribution in [2.45, 2.75) is 6.54 Å². The fraction of sp³-hybridized carbons (Fsp3) is 0.267. The summed E-state index contributed by atoms with van der Waals surface area (Å²) in [7, 11) is 3.19. The van der Waals surface area contributed by atoms with E-state index in [1.54, 1.807) is 31.3 Å². The van der Waals surface area contributed by atoms with E-state index in [2.05, 4.69) is 13.2 Å². The van der Waals surface area contributed by atoms with Crippen molar-refractivity contribution in [3.05, 3.63) is 49.1 Å². The van der Waals surface area contributed by atoms with Crippen molar-refractivity contribution in [1.82, 2.24) is 4.90 Å². The van der Waals surface area contributed by atoms with Crippen LogP contribution in [0.1, 0.15) is 5.56 Å². The van der Waals surface area contributed by atoms with Gasteiger partial charge in [-0.05, 0) is 18.2 Å². The summed E-state index contributed by atoms with van der Waals surface area (Å²) in [5.74, 6) is 1.26. The molecular weight excluding hydrogens is 242 g/mol. The normalized spacial score (nSPS) is 9.58. The second-order valence-corrected chi connectivity index (χ2v) is 3.89. The molecule has 0 radical (unpaired) electrons. The fourth-order valence-electron chi connectivity index (χ4n) is 1.71. The van der Waals surface area contributed by atoms with E-state index in [0.717, 1.165) is 5.56 Å². The molecule has 0 fully saturated rings. The minimum Gasteiger partial charge on any atom is -0.497 e. The highest BCUT2D eigenvalue weighted by atomic mass is 16.5.